The summed E-state index contributed by atoms with van der Waals surface area (Å²) >= 11 is 1.47. The van der Waals surface area contributed by atoms with Gasteiger partial charge in [0.25, 0.3) is 5.91 Å². The molecular formula is C13H16N2O5S. The molecule has 1 N–H and O–H groups in total. The molecule has 2 amide bonds. The Labute approximate surface area is 126 Å². The second-order valence-electron chi connectivity index (χ2n) is 4.38. The number of esters is 1. The molecule has 2 rings (SSSR count). The fraction of sp³-hybridized carbons (Fsp3) is 0.462. The smallest absolute Gasteiger partial charge is 0.320 e. The Bertz CT molecular complexity index is 517. The van der Waals surface area contributed by atoms with E-state index >= 15 is 0 Å². The fourth-order valence-electron chi connectivity index (χ4n) is 1.91. The minimum absolute atomic E-state index is 0.127. The van der Waals surface area contributed by atoms with Gasteiger partial charge in [0.2, 0.25) is 5.91 Å². The van der Waals surface area contributed by atoms with Gasteiger partial charge in [-0.05, 0) is 12.1 Å². The summed E-state index contributed by atoms with van der Waals surface area (Å²) in [5.74, 6) is -0.188. The third kappa shape index (κ3) is 4.01. The normalized spacial score (nSPS) is 18.1. The lowest BCUT2D eigenvalue weighted by Crippen LogP contribution is -2.48. The van der Waals surface area contributed by atoms with E-state index in [1.807, 2.05) is 0 Å². The molecule has 1 aliphatic heterocycles. The summed E-state index contributed by atoms with van der Waals surface area (Å²) in [5.41, 5.74) is 0. The number of nitrogens with one attached hydrogen (secondary N) is 1. The first kappa shape index (κ1) is 15.4. The van der Waals surface area contributed by atoms with Crippen molar-refractivity contribution in [2.75, 3.05) is 32.5 Å². The SMILES string of the molecule is COC(=O)[C@H]1CN(C(=O)CNC(=O)c2ccco2)CCS1. The molecule has 114 valence electrons. The van der Waals surface area contributed by atoms with Crippen LogP contribution in [0.2, 0.25) is 0 Å². The predicted octanol–water partition coefficient (Wildman–Crippen LogP) is 0.126. The van der Waals surface area contributed by atoms with Crippen molar-refractivity contribution in [3.63, 3.8) is 0 Å². The van der Waals surface area contributed by atoms with Gasteiger partial charge in [-0.2, -0.15) is 0 Å². The Kier molecular flexibility index (Phi) is 5.26. The summed E-state index contributed by atoms with van der Waals surface area (Å²) in [7, 11) is 1.33. The zero-order valence-electron chi connectivity index (χ0n) is 11.5. The van der Waals surface area contributed by atoms with Gasteiger partial charge in [0.1, 0.15) is 5.25 Å². The number of rotatable bonds is 4. The van der Waals surface area contributed by atoms with E-state index in [9.17, 15) is 14.4 Å². The number of furan rings is 1. The van der Waals surface area contributed by atoms with Crippen molar-refractivity contribution in [2.45, 2.75) is 5.25 Å². The van der Waals surface area contributed by atoms with Crippen LogP contribution in [-0.4, -0.2) is 60.4 Å². The molecule has 1 atom stereocenters. The van der Waals surface area contributed by atoms with Gasteiger partial charge in [0, 0.05) is 18.8 Å². The molecule has 1 saturated heterocycles. The van der Waals surface area contributed by atoms with Crippen LogP contribution in [0.25, 0.3) is 0 Å². The summed E-state index contributed by atoms with van der Waals surface area (Å²) in [6, 6.07) is 3.12. The molecule has 0 aliphatic carbocycles. The monoisotopic (exact) mass is 312 g/mol. The van der Waals surface area contributed by atoms with Crippen LogP contribution in [0.1, 0.15) is 10.6 Å². The molecule has 0 spiro atoms. The van der Waals surface area contributed by atoms with E-state index in [2.05, 4.69) is 10.1 Å². The summed E-state index contributed by atoms with van der Waals surface area (Å²) in [6.07, 6.45) is 1.39. The van der Waals surface area contributed by atoms with Gasteiger partial charge in [-0.25, -0.2) is 0 Å². The molecule has 1 aliphatic rings. The highest BCUT2D eigenvalue weighted by Gasteiger charge is 2.29. The molecule has 0 bridgehead atoms. The summed E-state index contributed by atoms with van der Waals surface area (Å²) < 4.78 is 9.62. The zero-order valence-corrected chi connectivity index (χ0v) is 12.4. The molecule has 0 saturated carbocycles. The van der Waals surface area contributed by atoms with Crippen molar-refractivity contribution < 1.29 is 23.5 Å². The minimum Gasteiger partial charge on any atom is -0.468 e. The summed E-state index contributed by atoms with van der Waals surface area (Å²) in [6.45, 7) is 0.721. The lowest BCUT2D eigenvalue weighted by atomic mass is 10.3. The first-order chi connectivity index (χ1) is 10.1. The second-order valence-corrected chi connectivity index (χ2v) is 5.69. The Morgan fingerprint density at radius 3 is 3.00 bits per heavy atom. The highest BCUT2D eigenvalue weighted by Crippen LogP contribution is 2.19. The molecule has 0 radical (unpaired) electrons. The maximum absolute atomic E-state index is 12.0. The molecule has 21 heavy (non-hydrogen) atoms. The lowest BCUT2D eigenvalue weighted by molar-refractivity contribution is -0.141. The average Bonchev–Trinajstić information content (AvgIpc) is 3.06. The topological polar surface area (TPSA) is 88.9 Å². The van der Waals surface area contributed by atoms with Crippen molar-refractivity contribution >= 4 is 29.5 Å². The Hall–Kier alpha value is -1.96. The molecule has 1 aromatic rings. The van der Waals surface area contributed by atoms with Crippen molar-refractivity contribution in [2.24, 2.45) is 0 Å². The molecule has 1 aromatic heterocycles. The van der Waals surface area contributed by atoms with E-state index < -0.39 is 5.91 Å². The van der Waals surface area contributed by atoms with Gasteiger partial charge in [0.05, 0.1) is 19.9 Å². The highest BCUT2D eigenvalue weighted by molar-refractivity contribution is 8.00. The van der Waals surface area contributed by atoms with E-state index in [0.29, 0.717) is 18.8 Å². The number of hydrogen-bond donors (Lipinski definition) is 1. The van der Waals surface area contributed by atoms with E-state index in [1.165, 1.54) is 31.2 Å². The molecule has 1 fully saturated rings. The van der Waals surface area contributed by atoms with Crippen LogP contribution in [0.3, 0.4) is 0 Å². The lowest BCUT2D eigenvalue weighted by Gasteiger charge is -2.31. The highest BCUT2D eigenvalue weighted by atomic mass is 32.2. The van der Waals surface area contributed by atoms with Gasteiger partial charge < -0.3 is 19.4 Å². The number of amides is 2. The van der Waals surface area contributed by atoms with Crippen LogP contribution in [0.4, 0.5) is 0 Å². The van der Waals surface area contributed by atoms with Gasteiger partial charge in [-0.15, -0.1) is 11.8 Å². The number of ether oxygens (including phenoxy) is 1. The van der Waals surface area contributed by atoms with Gasteiger partial charge >= 0.3 is 5.97 Å². The van der Waals surface area contributed by atoms with Crippen LogP contribution in [-0.2, 0) is 14.3 Å². The van der Waals surface area contributed by atoms with Crippen LogP contribution in [0.5, 0.6) is 0 Å². The summed E-state index contributed by atoms with van der Waals surface area (Å²) in [4.78, 5) is 36.8. The summed E-state index contributed by atoms with van der Waals surface area (Å²) in [5, 5.41) is 2.13. The van der Waals surface area contributed by atoms with E-state index in [-0.39, 0.29) is 29.4 Å². The Morgan fingerprint density at radius 2 is 2.33 bits per heavy atom. The van der Waals surface area contributed by atoms with Crippen molar-refractivity contribution in [1.82, 2.24) is 10.2 Å². The van der Waals surface area contributed by atoms with Crippen LogP contribution in [0, 0.1) is 0 Å². The van der Waals surface area contributed by atoms with Crippen LogP contribution >= 0.6 is 11.8 Å². The number of methoxy groups -OCH3 is 1. The van der Waals surface area contributed by atoms with Crippen molar-refractivity contribution in [3.8, 4) is 0 Å². The van der Waals surface area contributed by atoms with Crippen LogP contribution < -0.4 is 5.32 Å². The third-order valence-corrected chi connectivity index (χ3v) is 4.19. The van der Waals surface area contributed by atoms with Crippen LogP contribution in [0.15, 0.2) is 22.8 Å². The fourth-order valence-corrected chi connectivity index (χ4v) is 3.04. The number of carbonyl (C=O) groups excluding carboxylic acids is 3. The molecular weight excluding hydrogens is 296 g/mol. The standard InChI is InChI=1S/C13H16N2O5S/c1-19-13(18)10-8-15(4-6-21-10)11(16)7-14-12(17)9-3-2-5-20-9/h2-3,5,10H,4,6-8H2,1H3,(H,14,17)/t10-/m1/s1. The minimum atomic E-state index is -0.441. The van der Waals surface area contributed by atoms with Gasteiger partial charge in [-0.3, -0.25) is 14.4 Å². The Balaban J connectivity index is 1.82. The number of nitrogens with zero attached hydrogens (tertiary/aromatic N) is 1. The largest absolute Gasteiger partial charge is 0.468 e. The van der Waals surface area contributed by atoms with Crippen molar-refractivity contribution in [1.29, 1.82) is 0 Å². The molecule has 7 nitrogen and oxygen atoms in total. The van der Waals surface area contributed by atoms with Gasteiger partial charge in [-0.1, -0.05) is 0 Å². The first-order valence-corrected chi connectivity index (χ1v) is 7.45. The average molecular weight is 312 g/mol. The zero-order chi connectivity index (χ0) is 15.2. The van der Waals surface area contributed by atoms with Crippen molar-refractivity contribution in [3.05, 3.63) is 24.2 Å². The quantitative estimate of drug-likeness (QED) is 0.795. The molecule has 8 heteroatoms. The molecule has 0 aromatic carbocycles. The number of hydrogen-bond acceptors (Lipinski definition) is 6. The van der Waals surface area contributed by atoms with Gasteiger partial charge in [0.15, 0.2) is 5.76 Å². The third-order valence-electron chi connectivity index (χ3n) is 3.03. The molecule has 2 heterocycles. The molecule has 0 unspecified atom stereocenters. The number of carbonyl (C=O) groups is 3. The van der Waals surface area contributed by atoms with E-state index in [4.69, 9.17) is 4.42 Å². The maximum Gasteiger partial charge on any atom is 0.320 e. The Morgan fingerprint density at radius 1 is 1.52 bits per heavy atom. The van der Waals surface area contributed by atoms with E-state index in [1.54, 1.807) is 11.0 Å². The number of thioether (sulfide) groups is 1. The second kappa shape index (κ2) is 7.16. The maximum atomic E-state index is 12.0. The predicted molar refractivity (Wildman–Crippen MR) is 75.9 cm³/mol. The first-order valence-electron chi connectivity index (χ1n) is 6.40. The van der Waals surface area contributed by atoms with E-state index in [0.717, 1.165) is 0 Å².